The van der Waals surface area contributed by atoms with Gasteiger partial charge in [-0.25, -0.2) is 0 Å². The van der Waals surface area contributed by atoms with Crippen molar-refractivity contribution in [2.24, 2.45) is 5.41 Å². The van der Waals surface area contributed by atoms with Crippen molar-refractivity contribution in [3.63, 3.8) is 0 Å². The minimum atomic E-state index is 0.0613. The first kappa shape index (κ1) is 13.4. The minimum absolute atomic E-state index is 0.0613. The van der Waals surface area contributed by atoms with Crippen molar-refractivity contribution in [2.75, 3.05) is 39.3 Å². The van der Waals surface area contributed by atoms with Gasteiger partial charge in [-0.1, -0.05) is 13.3 Å². The number of hydrogen-bond donors (Lipinski definition) is 1. The molecule has 0 aromatic heterocycles. The molecule has 1 atom stereocenters. The number of nitrogens with zero attached hydrogens (tertiary/aromatic N) is 2. The molecule has 0 bridgehead atoms. The number of hydrogen-bond acceptors (Lipinski definition) is 3. The summed E-state index contributed by atoms with van der Waals surface area (Å²) in [6.45, 7) is 8.51. The van der Waals surface area contributed by atoms with Crippen molar-refractivity contribution in [3.05, 3.63) is 0 Å². The van der Waals surface area contributed by atoms with E-state index in [4.69, 9.17) is 0 Å². The normalized spacial score (nSPS) is 30.6. The van der Waals surface area contributed by atoms with Crippen LogP contribution in [0.4, 0.5) is 0 Å². The van der Waals surface area contributed by atoms with Gasteiger partial charge in [-0.15, -0.1) is 0 Å². The Morgan fingerprint density at radius 1 is 1.26 bits per heavy atom. The molecule has 0 aromatic carbocycles. The van der Waals surface area contributed by atoms with Crippen molar-refractivity contribution in [1.29, 1.82) is 0 Å². The van der Waals surface area contributed by atoms with E-state index in [-0.39, 0.29) is 5.41 Å². The predicted molar refractivity (Wildman–Crippen MR) is 76.0 cm³/mol. The molecule has 1 saturated carbocycles. The molecule has 3 fully saturated rings. The van der Waals surface area contributed by atoms with Gasteiger partial charge < -0.3 is 10.2 Å². The van der Waals surface area contributed by atoms with Crippen LogP contribution in [-0.4, -0.2) is 61.0 Å². The maximum atomic E-state index is 12.6. The van der Waals surface area contributed by atoms with E-state index in [1.807, 2.05) is 0 Å². The van der Waals surface area contributed by atoms with Gasteiger partial charge in [-0.2, -0.15) is 0 Å². The lowest BCUT2D eigenvalue weighted by molar-refractivity contribution is -0.139. The predicted octanol–water partition coefficient (Wildman–Crippen LogP) is 1.07. The molecule has 1 amide bonds. The molecule has 2 saturated heterocycles. The van der Waals surface area contributed by atoms with Crippen LogP contribution < -0.4 is 5.32 Å². The number of carbonyl (C=O) groups excluding carboxylic acids is 1. The van der Waals surface area contributed by atoms with Crippen molar-refractivity contribution >= 4 is 5.91 Å². The van der Waals surface area contributed by atoms with Crippen LogP contribution in [0.15, 0.2) is 0 Å². The fourth-order valence-electron chi connectivity index (χ4n) is 3.78. The van der Waals surface area contributed by atoms with Crippen LogP contribution >= 0.6 is 0 Å². The first-order valence-electron chi connectivity index (χ1n) is 7.99. The number of nitrogens with one attached hydrogen (secondary N) is 1. The van der Waals surface area contributed by atoms with Gasteiger partial charge in [0.1, 0.15) is 0 Å². The Morgan fingerprint density at radius 3 is 2.53 bits per heavy atom. The van der Waals surface area contributed by atoms with Crippen molar-refractivity contribution in [1.82, 2.24) is 15.1 Å². The van der Waals surface area contributed by atoms with E-state index in [2.05, 4.69) is 22.0 Å². The van der Waals surface area contributed by atoms with Gasteiger partial charge in [0.2, 0.25) is 5.91 Å². The molecule has 0 aromatic rings. The summed E-state index contributed by atoms with van der Waals surface area (Å²) in [7, 11) is 0. The van der Waals surface area contributed by atoms with Crippen LogP contribution in [0.2, 0.25) is 0 Å². The Bertz CT molecular complexity index is 326. The fourth-order valence-corrected chi connectivity index (χ4v) is 3.78. The molecule has 1 N–H and O–H groups in total. The third-order valence-electron chi connectivity index (χ3n) is 5.19. The highest BCUT2D eigenvalue weighted by atomic mass is 16.2. The van der Waals surface area contributed by atoms with Crippen LogP contribution in [-0.2, 0) is 4.79 Å². The minimum Gasteiger partial charge on any atom is -0.340 e. The molecule has 4 nitrogen and oxygen atoms in total. The summed E-state index contributed by atoms with van der Waals surface area (Å²) in [4.78, 5) is 17.3. The molecule has 19 heavy (non-hydrogen) atoms. The summed E-state index contributed by atoms with van der Waals surface area (Å²) in [5, 5.41) is 3.43. The first-order chi connectivity index (χ1) is 9.25. The van der Waals surface area contributed by atoms with Crippen LogP contribution in [0.1, 0.15) is 39.0 Å². The Labute approximate surface area is 116 Å². The lowest BCUT2D eigenvalue weighted by Gasteiger charge is -2.39. The second-order valence-electron chi connectivity index (χ2n) is 6.51. The van der Waals surface area contributed by atoms with Gasteiger partial charge in [-0.05, 0) is 32.2 Å². The summed E-state index contributed by atoms with van der Waals surface area (Å²) in [5.74, 6) is 0.457. The van der Waals surface area contributed by atoms with Gasteiger partial charge in [0.15, 0.2) is 0 Å². The highest BCUT2D eigenvalue weighted by Crippen LogP contribution is 2.51. The Kier molecular flexibility index (Phi) is 3.81. The molecule has 0 spiro atoms. The van der Waals surface area contributed by atoms with Gasteiger partial charge >= 0.3 is 0 Å². The summed E-state index contributed by atoms with van der Waals surface area (Å²) < 4.78 is 0. The molecular formula is C15H27N3O. The molecule has 1 aliphatic carbocycles. The van der Waals surface area contributed by atoms with Gasteiger partial charge in [-0.3, -0.25) is 9.69 Å². The van der Waals surface area contributed by atoms with Crippen molar-refractivity contribution in [3.8, 4) is 0 Å². The zero-order valence-electron chi connectivity index (χ0n) is 12.2. The average Bonchev–Trinajstić information content (AvgIpc) is 3.03. The van der Waals surface area contributed by atoms with Gasteiger partial charge in [0, 0.05) is 44.2 Å². The van der Waals surface area contributed by atoms with Crippen molar-refractivity contribution in [2.45, 2.75) is 45.1 Å². The summed E-state index contributed by atoms with van der Waals surface area (Å²) in [6, 6.07) is 0.711. The quantitative estimate of drug-likeness (QED) is 0.826. The van der Waals surface area contributed by atoms with E-state index in [0.29, 0.717) is 11.9 Å². The summed E-state index contributed by atoms with van der Waals surface area (Å²) in [5.41, 5.74) is 0.0613. The largest absolute Gasteiger partial charge is 0.340 e. The zero-order valence-corrected chi connectivity index (χ0v) is 12.2. The fraction of sp³-hybridized carbons (Fsp3) is 0.933. The number of amides is 1. The summed E-state index contributed by atoms with van der Waals surface area (Å²) >= 11 is 0. The maximum absolute atomic E-state index is 12.6. The van der Waals surface area contributed by atoms with E-state index >= 15 is 0 Å². The second kappa shape index (κ2) is 5.41. The van der Waals surface area contributed by atoms with E-state index in [9.17, 15) is 4.79 Å². The SMILES string of the molecule is CCCC1(C(=O)N2CCN(C3CCNC3)CC2)CC1. The van der Waals surface area contributed by atoms with E-state index in [1.165, 1.54) is 6.42 Å². The smallest absolute Gasteiger partial charge is 0.228 e. The molecule has 2 aliphatic heterocycles. The first-order valence-corrected chi connectivity index (χ1v) is 7.99. The van der Waals surface area contributed by atoms with Crippen LogP contribution in [0.5, 0.6) is 0 Å². The number of piperazine rings is 1. The van der Waals surface area contributed by atoms with Crippen LogP contribution in [0.3, 0.4) is 0 Å². The molecule has 4 heteroatoms. The highest BCUT2D eigenvalue weighted by molar-refractivity contribution is 5.85. The summed E-state index contributed by atoms with van der Waals surface area (Å²) in [6.07, 6.45) is 5.77. The van der Waals surface area contributed by atoms with E-state index < -0.39 is 0 Å². The van der Waals surface area contributed by atoms with Gasteiger partial charge in [0.25, 0.3) is 0 Å². The second-order valence-corrected chi connectivity index (χ2v) is 6.51. The molecule has 3 rings (SSSR count). The Balaban J connectivity index is 1.51. The molecular weight excluding hydrogens is 238 g/mol. The van der Waals surface area contributed by atoms with E-state index in [1.54, 1.807) is 0 Å². The Hall–Kier alpha value is -0.610. The third-order valence-corrected chi connectivity index (χ3v) is 5.19. The molecule has 2 heterocycles. The molecule has 108 valence electrons. The van der Waals surface area contributed by atoms with Crippen LogP contribution in [0, 0.1) is 5.41 Å². The highest BCUT2D eigenvalue weighted by Gasteiger charge is 2.50. The number of carbonyl (C=O) groups is 1. The lowest BCUT2D eigenvalue weighted by Crippen LogP contribution is -2.53. The van der Waals surface area contributed by atoms with Crippen LogP contribution in [0.25, 0.3) is 0 Å². The zero-order chi connectivity index (χ0) is 13.3. The maximum Gasteiger partial charge on any atom is 0.228 e. The van der Waals surface area contributed by atoms with E-state index in [0.717, 1.165) is 65.0 Å². The molecule has 3 aliphatic rings. The standard InChI is InChI=1S/C15H27N3O/c1-2-4-15(5-6-15)14(19)18-10-8-17(9-11-18)13-3-7-16-12-13/h13,16H,2-12H2,1H3. The molecule has 1 unspecified atom stereocenters. The number of rotatable bonds is 4. The van der Waals surface area contributed by atoms with Gasteiger partial charge in [0.05, 0.1) is 0 Å². The lowest BCUT2D eigenvalue weighted by atomic mass is 9.98. The Morgan fingerprint density at radius 2 is 2.00 bits per heavy atom. The third kappa shape index (κ3) is 2.65. The molecule has 0 radical (unpaired) electrons. The van der Waals surface area contributed by atoms with Crippen molar-refractivity contribution < 1.29 is 4.79 Å². The monoisotopic (exact) mass is 265 g/mol. The average molecular weight is 265 g/mol. The topological polar surface area (TPSA) is 35.6 Å².